The second-order valence-corrected chi connectivity index (χ2v) is 6.14. The van der Waals surface area contributed by atoms with Crippen molar-refractivity contribution >= 4 is 10.9 Å². The quantitative estimate of drug-likeness (QED) is 0.823. The number of nitrogens with zero attached hydrogens (tertiary/aromatic N) is 1. The van der Waals surface area contributed by atoms with E-state index in [1.807, 2.05) is 12.1 Å². The Morgan fingerprint density at radius 1 is 1.26 bits per heavy atom. The van der Waals surface area contributed by atoms with Gasteiger partial charge in [-0.05, 0) is 62.5 Å². The zero-order chi connectivity index (χ0) is 13.0. The maximum atomic E-state index is 9.77. The van der Waals surface area contributed by atoms with E-state index in [2.05, 4.69) is 16.8 Å². The number of aromatic hydroxyl groups is 1. The van der Waals surface area contributed by atoms with Gasteiger partial charge in [-0.15, -0.1) is 0 Å². The molecule has 0 radical (unpaired) electrons. The van der Waals surface area contributed by atoms with Gasteiger partial charge in [0.1, 0.15) is 5.75 Å². The Hall–Kier alpha value is -1.48. The summed E-state index contributed by atoms with van der Waals surface area (Å²) < 4.78 is 0. The van der Waals surface area contributed by atoms with Crippen LogP contribution in [0.1, 0.15) is 30.0 Å². The lowest BCUT2D eigenvalue weighted by Crippen LogP contribution is -2.46. The molecule has 0 aliphatic carbocycles. The van der Waals surface area contributed by atoms with Crippen molar-refractivity contribution in [3.63, 3.8) is 0 Å². The van der Waals surface area contributed by atoms with E-state index in [-0.39, 0.29) is 0 Å². The molecule has 4 heterocycles. The number of H-pyrrole nitrogens is 1. The molecule has 3 aliphatic rings. The molecule has 0 spiro atoms. The Kier molecular flexibility index (Phi) is 2.39. The third-order valence-electron chi connectivity index (χ3n) is 5.05. The molecule has 1 aromatic heterocycles. The molecule has 3 aliphatic heterocycles. The predicted molar refractivity (Wildman–Crippen MR) is 76.6 cm³/mol. The van der Waals surface area contributed by atoms with E-state index in [0.29, 0.717) is 11.7 Å². The van der Waals surface area contributed by atoms with E-state index in [1.54, 1.807) is 6.07 Å². The van der Waals surface area contributed by atoms with Gasteiger partial charge < -0.3 is 15.0 Å². The second kappa shape index (κ2) is 4.01. The molecule has 1 atom stereocenters. The topological polar surface area (TPSA) is 39.3 Å². The standard InChI is InChI=1S/C16H20N2O/c1-10-16(13-8-12(19)2-3-15(13)17-10)14-9-18-6-4-11(14)5-7-18/h2-3,8,11,14,17,19H,4-7,9H2,1H3. The Bertz CT molecular complexity index is 623. The van der Waals surface area contributed by atoms with Gasteiger partial charge in [-0.1, -0.05) is 0 Å². The first-order valence-electron chi connectivity index (χ1n) is 7.26. The van der Waals surface area contributed by atoms with Crippen molar-refractivity contribution in [2.75, 3.05) is 19.6 Å². The molecular formula is C16H20N2O. The minimum absolute atomic E-state index is 0.369. The van der Waals surface area contributed by atoms with Gasteiger partial charge in [-0.3, -0.25) is 0 Å². The Morgan fingerprint density at radius 3 is 2.74 bits per heavy atom. The molecule has 3 saturated heterocycles. The summed E-state index contributed by atoms with van der Waals surface area (Å²) in [5.41, 5.74) is 3.88. The zero-order valence-electron chi connectivity index (χ0n) is 11.3. The van der Waals surface area contributed by atoms with Crippen LogP contribution in [0.3, 0.4) is 0 Å². The largest absolute Gasteiger partial charge is 0.508 e. The van der Waals surface area contributed by atoms with Gasteiger partial charge in [-0.25, -0.2) is 0 Å². The van der Waals surface area contributed by atoms with Crippen molar-refractivity contribution in [2.24, 2.45) is 5.92 Å². The highest BCUT2D eigenvalue weighted by molar-refractivity contribution is 5.86. The van der Waals surface area contributed by atoms with E-state index in [4.69, 9.17) is 0 Å². The van der Waals surface area contributed by atoms with Crippen LogP contribution >= 0.6 is 0 Å². The first-order valence-corrected chi connectivity index (χ1v) is 7.26. The minimum atomic E-state index is 0.369. The van der Waals surface area contributed by atoms with Gasteiger partial charge in [0.05, 0.1) is 0 Å². The number of fused-ring (bicyclic) bond motifs is 4. The van der Waals surface area contributed by atoms with Crippen molar-refractivity contribution in [2.45, 2.75) is 25.7 Å². The van der Waals surface area contributed by atoms with Crippen LogP contribution in [-0.4, -0.2) is 34.6 Å². The number of hydrogen-bond donors (Lipinski definition) is 2. The Labute approximate surface area is 113 Å². The maximum absolute atomic E-state index is 9.77. The fraction of sp³-hybridized carbons (Fsp3) is 0.500. The van der Waals surface area contributed by atoms with Gasteiger partial charge in [0.2, 0.25) is 0 Å². The monoisotopic (exact) mass is 256 g/mol. The Balaban J connectivity index is 1.86. The summed E-state index contributed by atoms with van der Waals surface area (Å²) in [5.74, 6) is 1.83. The molecule has 19 heavy (non-hydrogen) atoms. The van der Waals surface area contributed by atoms with Crippen LogP contribution in [0.5, 0.6) is 5.75 Å². The number of benzene rings is 1. The van der Waals surface area contributed by atoms with Gasteiger partial charge in [0.15, 0.2) is 0 Å². The van der Waals surface area contributed by atoms with Crippen molar-refractivity contribution in [1.29, 1.82) is 0 Å². The summed E-state index contributed by atoms with van der Waals surface area (Å²) in [6.07, 6.45) is 2.66. The number of aromatic amines is 1. The smallest absolute Gasteiger partial charge is 0.116 e. The predicted octanol–water partition coefficient (Wildman–Crippen LogP) is 2.99. The van der Waals surface area contributed by atoms with Crippen molar-refractivity contribution in [1.82, 2.24) is 9.88 Å². The van der Waals surface area contributed by atoms with Crippen LogP contribution in [-0.2, 0) is 0 Å². The van der Waals surface area contributed by atoms with E-state index in [0.717, 1.165) is 11.4 Å². The first kappa shape index (κ1) is 11.4. The number of phenols is 1. The average Bonchev–Trinajstić information content (AvgIpc) is 2.75. The van der Waals surface area contributed by atoms with E-state index < -0.39 is 0 Å². The van der Waals surface area contributed by atoms with E-state index in [1.165, 1.54) is 49.1 Å². The molecule has 2 N–H and O–H groups in total. The molecule has 2 aromatic rings. The number of aromatic nitrogens is 1. The number of rotatable bonds is 1. The summed E-state index contributed by atoms with van der Waals surface area (Å²) in [7, 11) is 0. The number of phenolic OH excluding ortho intramolecular Hbond substituents is 1. The molecule has 0 amide bonds. The van der Waals surface area contributed by atoms with Gasteiger partial charge >= 0.3 is 0 Å². The van der Waals surface area contributed by atoms with Crippen LogP contribution in [0, 0.1) is 12.8 Å². The second-order valence-electron chi connectivity index (χ2n) is 6.14. The lowest BCUT2D eigenvalue weighted by molar-refractivity contribution is 0.0874. The number of nitrogens with one attached hydrogen (secondary N) is 1. The molecule has 2 bridgehead atoms. The summed E-state index contributed by atoms with van der Waals surface area (Å²) in [5, 5.41) is 11.0. The lowest BCUT2D eigenvalue weighted by Gasteiger charge is -2.45. The highest BCUT2D eigenvalue weighted by Gasteiger charge is 2.36. The van der Waals surface area contributed by atoms with Crippen LogP contribution in [0.25, 0.3) is 10.9 Å². The van der Waals surface area contributed by atoms with Crippen LogP contribution in [0.2, 0.25) is 0 Å². The summed E-state index contributed by atoms with van der Waals surface area (Å²) in [6, 6.07) is 5.67. The SMILES string of the molecule is Cc1[nH]c2ccc(O)cc2c1C1CN2CCC1CC2. The Morgan fingerprint density at radius 2 is 2.05 bits per heavy atom. The molecule has 3 heteroatoms. The van der Waals surface area contributed by atoms with Crippen LogP contribution in [0.15, 0.2) is 18.2 Å². The molecular weight excluding hydrogens is 236 g/mol. The van der Waals surface area contributed by atoms with Crippen molar-refractivity contribution in [3.05, 3.63) is 29.5 Å². The number of piperidine rings is 3. The summed E-state index contributed by atoms with van der Waals surface area (Å²) in [4.78, 5) is 6.07. The van der Waals surface area contributed by atoms with E-state index in [9.17, 15) is 5.11 Å². The zero-order valence-corrected chi connectivity index (χ0v) is 11.3. The fourth-order valence-corrected chi connectivity index (χ4v) is 4.11. The normalized spacial score (nSPS) is 30.1. The lowest BCUT2D eigenvalue weighted by atomic mass is 9.75. The molecule has 100 valence electrons. The summed E-state index contributed by atoms with van der Waals surface area (Å²) in [6.45, 7) is 5.90. The van der Waals surface area contributed by atoms with Gasteiger partial charge in [-0.2, -0.15) is 0 Å². The fourth-order valence-electron chi connectivity index (χ4n) is 4.11. The van der Waals surface area contributed by atoms with E-state index >= 15 is 0 Å². The van der Waals surface area contributed by atoms with Gasteiger partial charge in [0, 0.05) is 29.1 Å². The number of aryl methyl sites for hydroxylation is 1. The molecule has 1 unspecified atom stereocenters. The highest BCUT2D eigenvalue weighted by atomic mass is 16.3. The molecule has 3 nitrogen and oxygen atoms in total. The molecule has 0 saturated carbocycles. The third kappa shape index (κ3) is 1.68. The van der Waals surface area contributed by atoms with Crippen molar-refractivity contribution in [3.8, 4) is 5.75 Å². The minimum Gasteiger partial charge on any atom is -0.508 e. The highest BCUT2D eigenvalue weighted by Crippen LogP contribution is 2.43. The summed E-state index contributed by atoms with van der Waals surface area (Å²) >= 11 is 0. The average molecular weight is 256 g/mol. The molecule has 5 rings (SSSR count). The first-order chi connectivity index (χ1) is 9.22. The van der Waals surface area contributed by atoms with Crippen LogP contribution < -0.4 is 0 Å². The number of hydrogen-bond acceptors (Lipinski definition) is 2. The molecule has 3 fully saturated rings. The maximum Gasteiger partial charge on any atom is 0.116 e. The van der Waals surface area contributed by atoms with Crippen molar-refractivity contribution < 1.29 is 5.11 Å². The third-order valence-corrected chi connectivity index (χ3v) is 5.05. The molecule has 1 aromatic carbocycles. The van der Waals surface area contributed by atoms with Crippen LogP contribution in [0.4, 0.5) is 0 Å². The van der Waals surface area contributed by atoms with Gasteiger partial charge in [0.25, 0.3) is 0 Å².